The van der Waals surface area contributed by atoms with Crippen LogP contribution in [0.15, 0.2) is 66.7 Å². The predicted molar refractivity (Wildman–Crippen MR) is 133 cm³/mol. The van der Waals surface area contributed by atoms with Gasteiger partial charge in [-0.15, -0.1) is 0 Å². The Kier molecular flexibility index (Phi) is 8.25. The van der Waals surface area contributed by atoms with Crippen molar-refractivity contribution in [3.8, 4) is 5.75 Å². The van der Waals surface area contributed by atoms with Gasteiger partial charge in [0.05, 0.1) is 16.9 Å². The third-order valence-electron chi connectivity index (χ3n) is 6.37. The highest BCUT2D eigenvalue weighted by Crippen LogP contribution is 2.29. The third kappa shape index (κ3) is 6.67. The zero-order valence-corrected chi connectivity index (χ0v) is 20.1. The van der Waals surface area contributed by atoms with Gasteiger partial charge in [0.2, 0.25) is 5.91 Å². The van der Waals surface area contributed by atoms with E-state index in [2.05, 4.69) is 10.1 Å². The molecule has 0 aromatic heterocycles. The number of rotatable bonds is 8. The average Bonchev–Trinajstić information content (AvgIpc) is 2.89. The van der Waals surface area contributed by atoms with Crippen LogP contribution in [0.4, 0.5) is 24.5 Å². The van der Waals surface area contributed by atoms with Gasteiger partial charge >= 0.3 is 6.61 Å². The van der Waals surface area contributed by atoms with Gasteiger partial charge in [-0.2, -0.15) is 8.78 Å². The van der Waals surface area contributed by atoms with Gasteiger partial charge < -0.3 is 15.0 Å². The molecule has 0 bridgehead atoms. The van der Waals surface area contributed by atoms with Crippen LogP contribution in [0.1, 0.15) is 40.2 Å². The second kappa shape index (κ2) is 11.8. The average molecular weight is 527 g/mol. The number of non-ortho nitro benzene ring substituents is 1. The summed E-state index contributed by atoms with van der Waals surface area (Å²) in [5, 5.41) is 13.5. The van der Waals surface area contributed by atoms with Crippen LogP contribution in [-0.4, -0.2) is 41.3 Å². The number of halogens is 3. The lowest BCUT2D eigenvalue weighted by Crippen LogP contribution is -2.38. The first-order valence-electron chi connectivity index (χ1n) is 11.9. The van der Waals surface area contributed by atoms with Gasteiger partial charge in [-0.1, -0.05) is 24.3 Å². The van der Waals surface area contributed by atoms with Crippen LogP contribution < -0.4 is 10.1 Å². The minimum Gasteiger partial charge on any atom is -0.435 e. The largest absolute Gasteiger partial charge is 0.435 e. The molecule has 1 N–H and O–H groups in total. The van der Waals surface area contributed by atoms with E-state index in [9.17, 15) is 32.9 Å². The molecule has 1 heterocycles. The second-order valence-electron chi connectivity index (χ2n) is 8.86. The van der Waals surface area contributed by atoms with Crippen LogP contribution in [-0.2, 0) is 11.2 Å². The van der Waals surface area contributed by atoms with Crippen molar-refractivity contribution in [1.82, 2.24) is 4.90 Å². The highest BCUT2D eigenvalue weighted by molar-refractivity contribution is 6.04. The van der Waals surface area contributed by atoms with E-state index >= 15 is 0 Å². The molecule has 0 unspecified atom stereocenters. The van der Waals surface area contributed by atoms with E-state index < -0.39 is 23.3 Å². The second-order valence-corrected chi connectivity index (χ2v) is 8.86. The maximum atomic E-state index is 14.2. The molecule has 1 saturated heterocycles. The summed E-state index contributed by atoms with van der Waals surface area (Å²) in [5.41, 5.74) is 1.72. The molecule has 0 spiro atoms. The standard InChI is InChI=1S/C27H24F3N3O5/c28-24-16-22(38-27(29)30)8-9-23(24)26(35)31-20-6-4-18(5-7-20)19-10-12-32(13-11-19)25(34)15-17-2-1-3-21(14-17)33(36)37/h1-9,14,16,19,27H,10-13,15H2,(H,31,35). The molecular weight excluding hydrogens is 503 g/mol. The number of ether oxygens (including phenoxy) is 1. The van der Waals surface area contributed by atoms with E-state index in [0.29, 0.717) is 24.3 Å². The molecule has 38 heavy (non-hydrogen) atoms. The van der Waals surface area contributed by atoms with Gasteiger partial charge in [0, 0.05) is 37.0 Å². The van der Waals surface area contributed by atoms with Crippen LogP contribution in [0.25, 0.3) is 0 Å². The molecule has 2 amide bonds. The van der Waals surface area contributed by atoms with E-state index in [0.717, 1.165) is 36.6 Å². The number of amides is 2. The summed E-state index contributed by atoms with van der Waals surface area (Å²) in [5.74, 6) is -1.96. The number of alkyl halides is 2. The summed E-state index contributed by atoms with van der Waals surface area (Å²) in [6, 6.07) is 16.1. The van der Waals surface area contributed by atoms with Crippen molar-refractivity contribution in [2.45, 2.75) is 31.8 Å². The highest BCUT2D eigenvalue weighted by atomic mass is 19.3. The number of nitrogens with zero attached hydrogens (tertiary/aromatic N) is 2. The Hall–Kier alpha value is -4.41. The minimum absolute atomic E-state index is 0.0452. The maximum Gasteiger partial charge on any atom is 0.387 e. The van der Waals surface area contributed by atoms with Crippen molar-refractivity contribution >= 4 is 23.2 Å². The highest BCUT2D eigenvalue weighted by Gasteiger charge is 2.24. The van der Waals surface area contributed by atoms with Gasteiger partial charge in [0.25, 0.3) is 11.6 Å². The Balaban J connectivity index is 1.29. The van der Waals surface area contributed by atoms with Gasteiger partial charge in [0.1, 0.15) is 11.6 Å². The third-order valence-corrected chi connectivity index (χ3v) is 6.37. The number of anilines is 1. The molecule has 0 atom stereocenters. The van der Waals surface area contributed by atoms with Crippen molar-refractivity contribution in [3.05, 3.63) is 99.4 Å². The Morgan fingerprint density at radius 3 is 2.39 bits per heavy atom. The van der Waals surface area contributed by atoms with E-state index in [1.165, 1.54) is 12.1 Å². The first kappa shape index (κ1) is 26.6. The SMILES string of the molecule is O=C(Nc1ccc(C2CCN(C(=O)Cc3cccc([N+](=O)[O-])c3)CC2)cc1)c1ccc(OC(F)F)cc1F. The number of hydrogen-bond acceptors (Lipinski definition) is 5. The molecule has 0 saturated carbocycles. The van der Waals surface area contributed by atoms with E-state index in [1.807, 2.05) is 12.1 Å². The first-order chi connectivity index (χ1) is 18.2. The van der Waals surface area contributed by atoms with E-state index in [-0.39, 0.29) is 35.2 Å². The molecule has 3 aromatic carbocycles. The molecule has 1 aliphatic rings. The molecule has 0 aliphatic carbocycles. The fourth-order valence-electron chi connectivity index (χ4n) is 4.42. The van der Waals surface area contributed by atoms with Gasteiger partial charge in [-0.05, 0) is 54.2 Å². The maximum absolute atomic E-state index is 14.2. The number of benzene rings is 3. The van der Waals surface area contributed by atoms with Crippen molar-refractivity contribution in [2.75, 3.05) is 18.4 Å². The Morgan fingerprint density at radius 2 is 1.76 bits per heavy atom. The zero-order valence-electron chi connectivity index (χ0n) is 20.1. The van der Waals surface area contributed by atoms with Crippen LogP contribution >= 0.6 is 0 Å². The number of nitro benzene ring substituents is 1. The first-order valence-corrected chi connectivity index (χ1v) is 11.9. The Labute approximate surface area is 216 Å². The summed E-state index contributed by atoms with van der Waals surface area (Å²) >= 11 is 0. The zero-order chi connectivity index (χ0) is 27.2. The lowest BCUT2D eigenvalue weighted by molar-refractivity contribution is -0.384. The van der Waals surface area contributed by atoms with E-state index in [1.54, 1.807) is 29.2 Å². The van der Waals surface area contributed by atoms with Crippen molar-refractivity contribution < 1.29 is 32.4 Å². The summed E-state index contributed by atoms with van der Waals surface area (Å²) < 4.78 is 42.9. The van der Waals surface area contributed by atoms with Crippen molar-refractivity contribution in [2.24, 2.45) is 0 Å². The lowest BCUT2D eigenvalue weighted by Gasteiger charge is -2.32. The molecule has 0 radical (unpaired) electrons. The van der Waals surface area contributed by atoms with Gasteiger partial charge in [-0.3, -0.25) is 19.7 Å². The Bertz CT molecular complexity index is 1330. The monoisotopic (exact) mass is 527 g/mol. The molecule has 1 fully saturated rings. The number of likely N-dealkylation sites (tertiary alicyclic amines) is 1. The normalized spacial score (nSPS) is 13.8. The topological polar surface area (TPSA) is 102 Å². The van der Waals surface area contributed by atoms with Gasteiger partial charge in [0.15, 0.2) is 0 Å². The number of carbonyl (C=O) groups is 2. The molecule has 198 valence electrons. The predicted octanol–water partition coefficient (Wildman–Crippen LogP) is 5.54. The summed E-state index contributed by atoms with van der Waals surface area (Å²) in [7, 11) is 0. The smallest absolute Gasteiger partial charge is 0.387 e. The fourth-order valence-corrected chi connectivity index (χ4v) is 4.42. The molecular formula is C27H24F3N3O5. The summed E-state index contributed by atoms with van der Waals surface area (Å²) in [4.78, 5) is 37.3. The number of nitro groups is 1. The van der Waals surface area contributed by atoms with Gasteiger partial charge in [-0.25, -0.2) is 4.39 Å². The van der Waals surface area contributed by atoms with Crippen molar-refractivity contribution in [3.63, 3.8) is 0 Å². The molecule has 4 rings (SSSR count). The Morgan fingerprint density at radius 1 is 1.05 bits per heavy atom. The molecule has 11 heteroatoms. The quantitative estimate of drug-likeness (QED) is 0.306. The molecule has 1 aliphatic heterocycles. The molecule has 8 nitrogen and oxygen atoms in total. The lowest BCUT2D eigenvalue weighted by atomic mass is 9.89. The fraction of sp³-hybridized carbons (Fsp3) is 0.259. The van der Waals surface area contributed by atoms with Crippen LogP contribution in [0.3, 0.4) is 0 Å². The van der Waals surface area contributed by atoms with E-state index in [4.69, 9.17) is 0 Å². The summed E-state index contributed by atoms with van der Waals surface area (Å²) in [6.07, 6.45) is 1.58. The van der Waals surface area contributed by atoms with Crippen molar-refractivity contribution in [1.29, 1.82) is 0 Å². The van der Waals surface area contributed by atoms with Crippen LogP contribution in [0.5, 0.6) is 5.75 Å². The number of hydrogen-bond donors (Lipinski definition) is 1. The number of nitrogens with one attached hydrogen (secondary N) is 1. The summed E-state index contributed by atoms with van der Waals surface area (Å²) in [6.45, 7) is -1.98. The number of piperidine rings is 1. The minimum atomic E-state index is -3.10. The van der Waals surface area contributed by atoms with Crippen LogP contribution in [0.2, 0.25) is 0 Å². The van der Waals surface area contributed by atoms with Crippen LogP contribution in [0, 0.1) is 15.9 Å². The number of carbonyl (C=O) groups excluding carboxylic acids is 2. The molecule has 3 aromatic rings.